The van der Waals surface area contributed by atoms with E-state index in [9.17, 15) is 9.59 Å². The topological polar surface area (TPSA) is 76.7 Å². The minimum absolute atomic E-state index is 0.193. The molecule has 2 amide bonds. The Morgan fingerprint density at radius 3 is 2.57 bits per heavy atom. The summed E-state index contributed by atoms with van der Waals surface area (Å²) in [6.07, 6.45) is 5.06. The molecule has 1 aliphatic carbocycles. The van der Waals surface area contributed by atoms with Crippen molar-refractivity contribution in [2.75, 3.05) is 18.5 Å². The van der Waals surface area contributed by atoms with Crippen LogP contribution in [0.5, 0.6) is 0 Å². The number of hydrogen-bond donors (Lipinski definition) is 2. The van der Waals surface area contributed by atoms with Crippen LogP contribution < -0.4 is 10.6 Å². The van der Waals surface area contributed by atoms with Crippen LogP contribution in [-0.2, 0) is 19.1 Å². The van der Waals surface area contributed by atoms with Crippen molar-refractivity contribution < 1.29 is 19.1 Å². The molecule has 1 heterocycles. The number of para-hydroxylation sites is 1. The van der Waals surface area contributed by atoms with Gasteiger partial charge in [0, 0.05) is 25.1 Å². The summed E-state index contributed by atoms with van der Waals surface area (Å²) in [5, 5.41) is 5.16. The maximum Gasteiger partial charge on any atom is 0.313 e. The van der Waals surface area contributed by atoms with E-state index in [-0.39, 0.29) is 12.6 Å². The van der Waals surface area contributed by atoms with E-state index in [1.165, 1.54) is 6.42 Å². The summed E-state index contributed by atoms with van der Waals surface area (Å²) in [4.78, 5) is 23.7. The average molecular weight is 318 g/mol. The first-order valence-corrected chi connectivity index (χ1v) is 8.13. The standard InChI is InChI=1S/C17H22N2O4/c20-15(16(21)19-13-7-3-1-4-8-13)18-11-14-12-22-17(23-14)9-5-2-6-10-17/h1,3-4,7-8,14H,2,5-6,9-12H2,(H,18,20)(H,19,21)/t14-/m0/s1. The first-order chi connectivity index (χ1) is 11.2. The monoisotopic (exact) mass is 318 g/mol. The zero-order valence-corrected chi connectivity index (χ0v) is 13.0. The molecule has 1 aliphatic heterocycles. The molecule has 0 bridgehead atoms. The fraction of sp³-hybridized carbons (Fsp3) is 0.529. The van der Waals surface area contributed by atoms with E-state index in [2.05, 4.69) is 10.6 Å². The summed E-state index contributed by atoms with van der Waals surface area (Å²) < 4.78 is 11.8. The van der Waals surface area contributed by atoms with Crippen molar-refractivity contribution in [2.45, 2.75) is 44.0 Å². The highest BCUT2D eigenvalue weighted by molar-refractivity contribution is 6.39. The average Bonchev–Trinajstić information content (AvgIpc) is 2.96. The first kappa shape index (κ1) is 16.0. The summed E-state index contributed by atoms with van der Waals surface area (Å²) in [6.45, 7) is 0.739. The van der Waals surface area contributed by atoms with Crippen molar-refractivity contribution >= 4 is 17.5 Å². The van der Waals surface area contributed by atoms with Gasteiger partial charge in [-0.3, -0.25) is 9.59 Å². The van der Waals surface area contributed by atoms with Gasteiger partial charge < -0.3 is 20.1 Å². The van der Waals surface area contributed by atoms with Crippen molar-refractivity contribution in [2.24, 2.45) is 0 Å². The number of ether oxygens (including phenoxy) is 2. The van der Waals surface area contributed by atoms with Gasteiger partial charge in [-0.05, 0) is 25.0 Å². The van der Waals surface area contributed by atoms with Crippen LogP contribution in [0.15, 0.2) is 30.3 Å². The Balaban J connectivity index is 1.43. The van der Waals surface area contributed by atoms with Gasteiger partial charge in [0.15, 0.2) is 5.79 Å². The van der Waals surface area contributed by atoms with Crippen molar-refractivity contribution in [1.82, 2.24) is 5.32 Å². The fourth-order valence-corrected chi connectivity index (χ4v) is 3.07. The number of hydrogen-bond acceptors (Lipinski definition) is 4. The summed E-state index contributed by atoms with van der Waals surface area (Å²) >= 11 is 0. The molecule has 1 saturated heterocycles. The predicted octanol–water partition coefficient (Wildman–Crippen LogP) is 1.82. The summed E-state index contributed by atoms with van der Waals surface area (Å²) in [5.41, 5.74) is 0.592. The Morgan fingerprint density at radius 1 is 1.09 bits per heavy atom. The number of anilines is 1. The van der Waals surface area contributed by atoms with E-state index in [0.717, 1.165) is 25.7 Å². The molecule has 23 heavy (non-hydrogen) atoms. The zero-order valence-electron chi connectivity index (χ0n) is 13.0. The quantitative estimate of drug-likeness (QED) is 0.834. The molecule has 1 atom stereocenters. The molecule has 1 spiro atoms. The lowest BCUT2D eigenvalue weighted by Gasteiger charge is -2.31. The molecular formula is C17H22N2O4. The number of benzene rings is 1. The SMILES string of the molecule is O=C(NC[C@H]1COC2(CCCCC2)O1)C(=O)Nc1ccccc1. The van der Waals surface area contributed by atoms with Gasteiger partial charge in [-0.15, -0.1) is 0 Å². The molecule has 0 aromatic heterocycles. The van der Waals surface area contributed by atoms with Crippen molar-refractivity contribution in [3.63, 3.8) is 0 Å². The third-order valence-electron chi connectivity index (χ3n) is 4.26. The van der Waals surface area contributed by atoms with Gasteiger partial charge in [0.2, 0.25) is 0 Å². The molecule has 2 aliphatic rings. The Kier molecular flexibility index (Phi) is 4.93. The highest BCUT2D eigenvalue weighted by Crippen LogP contribution is 2.37. The Hall–Kier alpha value is -1.92. The molecule has 2 fully saturated rings. The number of nitrogens with one attached hydrogen (secondary N) is 2. The molecule has 124 valence electrons. The second-order valence-electron chi connectivity index (χ2n) is 6.05. The highest BCUT2D eigenvalue weighted by Gasteiger charge is 2.42. The van der Waals surface area contributed by atoms with E-state index in [1.54, 1.807) is 24.3 Å². The van der Waals surface area contributed by atoms with E-state index >= 15 is 0 Å². The molecule has 1 aromatic carbocycles. The van der Waals surface area contributed by atoms with Crippen LogP contribution in [0.1, 0.15) is 32.1 Å². The van der Waals surface area contributed by atoms with Gasteiger partial charge in [0.1, 0.15) is 6.10 Å². The Morgan fingerprint density at radius 2 is 1.83 bits per heavy atom. The van der Waals surface area contributed by atoms with E-state index in [4.69, 9.17) is 9.47 Å². The Labute approximate surface area is 135 Å². The molecule has 3 rings (SSSR count). The van der Waals surface area contributed by atoms with Crippen LogP contribution in [0.2, 0.25) is 0 Å². The van der Waals surface area contributed by atoms with Crippen LogP contribution in [0, 0.1) is 0 Å². The zero-order chi connectivity index (χ0) is 16.1. The number of amides is 2. The summed E-state index contributed by atoms with van der Waals surface area (Å²) in [5.74, 6) is -1.80. The maximum absolute atomic E-state index is 11.9. The van der Waals surface area contributed by atoms with Gasteiger partial charge in [0.25, 0.3) is 0 Å². The van der Waals surface area contributed by atoms with Gasteiger partial charge in [-0.1, -0.05) is 24.6 Å². The molecule has 2 N–H and O–H groups in total. The smallest absolute Gasteiger partial charge is 0.313 e. The van der Waals surface area contributed by atoms with Crippen LogP contribution >= 0.6 is 0 Å². The highest BCUT2D eigenvalue weighted by atomic mass is 16.7. The fourth-order valence-electron chi connectivity index (χ4n) is 3.07. The first-order valence-electron chi connectivity index (χ1n) is 8.13. The molecule has 0 radical (unpaired) electrons. The summed E-state index contributed by atoms with van der Waals surface area (Å²) in [6, 6.07) is 8.88. The van der Waals surface area contributed by atoms with Crippen molar-refractivity contribution in [1.29, 1.82) is 0 Å². The molecule has 1 saturated carbocycles. The van der Waals surface area contributed by atoms with Crippen LogP contribution in [0.25, 0.3) is 0 Å². The molecule has 6 nitrogen and oxygen atoms in total. The number of rotatable bonds is 3. The predicted molar refractivity (Wildman–Crippen MR) is 84.7 cm³/mol. The lowest BCUT2D eigenvalue weighted by atomic mass is 9.94. The minimum atomic E-state index is -0.678. The molecule has 6 heteroatoms. The maximum atomic E-state index is 11.9. The van der Waals surface area contributed by atoms with Gasteiger partial charge in [-0.2, -0.15) is 0 Å². The van der Waals surface area contributed by atoms with Crippen molar-refractivity contribution in [3.05, 3.63) is 30.3 Å². The van der Waals surface area contributed by atoms with E-state index in [0.29, 0.717) is 12.3 Å². The van der Waals surface area contributed by atoms with Gasteiger partial charge >= 0.3 is 11.8 Å². The van der Waals surface area contributed by atoms with E-state index in [1.807, 2.05) is 6.07 Å². The van der Waals surface area contributed by atoms with Crippen LogP contribution in [-0.4, -0.2) is 36.9 Å². The van der Waals surface area contributed by atoms with Crippen molar-refractivity contribution in [3.8, 4) is 0 Å². The minimum Gasteiger partial charge on any atom is -0.347 e. The van der Waals surface area contributed by atoms with Crippen LogP contribution in [0.4, 0.5) is 5.69 Å². The summed E-state index contributed by atoms with van der Waals surface area (Å²) in [7, 11) is 0. The lowest BCUT2D eigenvalue weighted by Crippen LogP contribution is -2.41. The molecular weight excluding hydrogens is 296 g/mol. The van der Waals surface area contributed by atoms with Crippen LogP contribution in [0.3, 0.4) is 0 Å². The second kappa shape index (κ2) is 7.10. The van der Waals surface area contributed by atoms with Gasteiger partial charge in [-0.25, -0.2) is 0 Å². The number of carbonyl (C=O) groups is 2. The molecule has 1 aromatic rings. The third kappa shape index (κ3) is 4.09. The lowest BCUT2D eigenvalue weighted by molar-refractivity contribution is -0.186. The van der Waals surface area contributed by atoms with E-state index < -0.39 is 17.6 Å². The molecule has 0 unspecified atom stereocenters. The third-order valence-corrected chi connectivity index (χ3v) is 4.26. The van der Waals surface area contributed by atoms with Gasteiger partial charge in [0.05, 0.1) is 6.61 Å². The number of carbonyl (C=O) groups excluding carboxylic acids is 2. The largest absolute Gasteiger partial charge is 0.347 e. The second-order valence-corrected chi connectivity index (χ2v) is 6.05. The normalized spacial score (nSPS) is 22.7. The Bertz CT molecular complexity index is 555.